The van der Waals surface area contributed by atoms with Crippen LogP contribution in [0.3, 0.4) is 0 Å². The van der Waals surface area contributed by atoms with Gasteiger partial charge in [-0.25, -0.2) is 4.99 Å². The van der Waals surface area contributed by atoms with Crippen LogP contribution in [0.2, 0.25) is 0 Å². The molecule has 1 unspecified atom stereocenters. The molecule has 1 fully saturated rings. The lowest BCUT2D eigenvalue weighted by atomic mass is 10.0. The molecule has 4 nitrogen and oxygen atoms in total. The van der Waals surface area contributed by atoms with E-state index in [2.05, 4.69) is 39.6 Å². The summed E-state index contributed by atoms with van der Waals surface area (Å²) < 4.78 is 0. The molecule has 1 aromatic carbocycles. The van der Waals surface area contributed by atoms with E-state index >= 15 is 0 Å². The lowest BCUT2D eigenvalue weighted by Gasteiger charge is -2.29. The maximum Gasteiger partial charge on any atom is 0.198 e. The van der Waals surface area contributed by atoms with Crippen molar-refractivity contribution in [2.75, 3.05) is 18.0 Å². The summed E-state index contributed by atoms with van der Waals surface area (Å²) in [5.74, 6) is 0. The predicted molar refractivity (Wildman–Crippen MR) is 72.6 cm³/mol. The third kappa shape index (κ3) is 2.08. The molecular weight excluding hydrogens is 226 g/mol. The van der Waals surface area contributed by atoms with Crippen molar-refractivity contribution in [2.45, 2.75) is 31.8 Å². The average Bonchev–Trinajstić information content (AvgIpc) is 2.88. The highest BCUT2D eigenvalue weighted by molar-refractivity contribution is 5.53. The second-order valence-electron chi connectivity index (χ2n) is 5.12. The van der Waals surface area contributed by atoms with Gasteiger partial charge in [-0.15, -0.1) is 5.48 Å². The summed E-state index contributed by atoms with van der Waals surface area (Å²) in [5.41, 5.74) is 4.90. The van der Waals surface area contributed by atoms with Gasteiger partial charge in [0, 0.05) is 18.8 Å². The molecule has 96 valence electrons. The van der Waals surface area contributed by atoms with Gasteiger partial charge in [-0.1, -0.05) is 12.1 Å². The quantitative estimate of drug-likeness (QED) is 0.869. The SMILES string of the molecule is CC1(c2ccc(N3CCCCC3)cc2)N=CON1. The number of anilines is 1. The van der Waals surface area contributed by atoms with Gasteiger partial charge in [0.1, 0.15) is 0 Å². The lowest BCUT2D eigenvalue weighted by molar-refractivity contribution is 0.135. The molecule has 0 bridgehead atoms. The molecule has 2 heterocycles. The van der Waals surface area contributed by atoms with E-state index in [0.29, 0.717) is 0 Å². The number of nitrogens with one attached hydrogen (secondary N) is 1. The Bertz CT molecular complexity index is 437. The average molecular weight is 245 g/mol. The molecule has 1 atom stereocenters. The van der Waals surface area contributed by atoms with Crippen molar-refractivity contribution in [3.8, 4) is 0 Å². The van der Waals surface area contributed by atoms with E-state index < -0.39 is 5.66 Å². The van der Waals surface area contributed by atoms with Crippen LogP contribution in [0.5, 0.6) is 0 Å². The van der Waals surface area contributed by atoms with Crippen LogP contribution in [0.15, 0.2) is 29.3 Å². The van der Waals surface area contributed by atoms with Gasteiger partial charge in [-0.3, -0.25) is 0 Å². The monoisotopic (exact) mass is 245 g/mol. The maximum atomic E-state index is 5.01. The Morgan fingerprint density at radius 3 is 2.50 bits per heavy atom. The van der Waals surface area contributed by atoms with Gasteiger partial charge in [0.25, 0.3) is 0 Å². The molecule has 4 heteroatoms. The molecule has 0 radical (unpaired) electrons. The minimum absolute atomic E-state index is 0.444. The molecular formula is C14H19N3O. The van der Waals surface area contributed by atoms with Crippen molar-refractivity contribution in [3.05, 3.63) is 29.8 Å². The number of rotatable bonds is 2. The molecule has 0 aliphatic carbocycles. The van der Waals surface area contributed by atoms with E-state index in [1.807, 2.05) is 6.92 Å². The molecule has 3 rings (SSSR count). The third-order valence-electron chi connectivity index (χ3n) is 3.77. The second-order valence-corrected chi connectivity index (χ2v) is 5.12. The van der Waals surface area contributed by atoms with Gasteiger partial charge < -0.3 is 9.74 Å². The van der Waals surface area contributed by atoms with Crippen molar-refractivity contribution in [3.63, 3.8) is 0 Å². The van der Waals surface area contributed by atoms with E-state index in [1.165, 1.54) is 44.4 Å². The highest BCUT2D eigenvalue weighted by Crippen LogP contribution is 2.27. The number of hydrogen-bond acceptors (Lipinski definition) is 4. The number of piperidine rings is 1. The van der Waals surface area contributed by atoms with Gasteiger partial charge in [-0.05, 0) is 43.9 Å². The Labute approximate surface area is 108 Å². The van der Waals surface area contributed by atoms with Crippen LogP contribution in [0.4, 0.5) is 5.69 Å². The Morgan fingerprint density at radius 2 is 1.89 bits per heavy atom. The number of benzene rings is 1. The van der Waals surface area contributed by atoms with E-state index in [0.717, 1.165) is 5.56 Å². The molecule has 1 saturated heterocycles. The Hall–Kier alpha value is -1.55. The van der Waals surface area contributed by atoms with Crippen LogP contribution < -0.4 is 10.4 Å². The summed E-state index contributed by atoms with van der Waals surface area (Å²) >= 11 is 0. The van der Waals surface area contributed by atoms with E-state index in [4.69, 9.17) is 4.84 Å². The Kier molecular flexibility index (Phi) is 2.96. The molecule has 2 aliphatic rings. The van der Waals surface area contributed by atoms with Crippen LogP contribution in [0, 0.1) is 0 Å². The highest BCUT2D eigenvalue weighted by atomic mass is 16.7. The zero-order valence-electron chi connectivity index (χ0n) is 10.7. The molecule has 0 saturated carbocycles. The van der Waals surface area contributed by atoms with Crippen LogP contribution in [0.1, 0.15) is 31.7 Å². The second kappa shape index (κ2) is 4.61. The lowest BCUT2D eigenvalue weighted by Crippen LogP contribution is -2.32. The standard InChI is InChI=1S/C14H19N3O/c1-14(15-11-18-16-14)12-5-7-13(8-6-12)17-9-3-2-4-10-17/h5-8,11,16H,2-4,9-10H2,1H3. The molecule has 2 aliphatic heterocycles. The number of nitrogens with zero attached hydrogens (tertiary/aromatic N) is 2. The van der Waals surface area contributed by atoms with E-state index in [-0.39, 0.29) is 0 Å². The third-order valence-corrected chi connectivity index (χ3v) is 3.77. The summed E-state index contributed by atoms with van der Waals surface area (Å²) in [6, 6.07) is 8.62. The van der Waals surface area contributed by atoms with E-state index in [9.17, 15) is 0 Å². The first kappa shape index (κ1) is 11.5. The molecule has 1 N–H and O–H groups in total. The minimum Gasteiger partial charge on any atom is -0.394 e. The number of hydroxylamine groups is 1. The minimum atomic E-state index is -0.444. The van der Waals surface area contributed by atoms with Gasteiger partial charge in [0.2, 0.25) is 0 Å². The largest absolute Gasteiger partial charge is 0.394 e. The fourth-order valence-electron chi connectivity index (χ4n) is 2.58. The van der Waals surface area contributed by atoms with Crippen molar-refractivity contribution in [1.82, 2.24) is 5.48 Å². The molecule has 1 aromatic rings. The fourth-order valence-corrected chi connectivity index (χ4v) is 2.58. The topological polar surface area (TPSA) is 36.9 Å². The summed E-state index contributed by atoms with van der Waals surface area (Å²) in [6.45, 7) is 4.36. The van der Waals surface area contributed by atoms with Gasteiger partial charge in [-0.2, -0.15) is 0 Å². The first-order chi connectivity index (χ1) is 8.78. The first-order valence-electron chi connectivity index (χ1n) is 6.60. The van der Waals surface area contributed by atoms with Gasteiger partial charge in [0.05, 0.1) is 0 Å². The molecule has 0 amide bonds. The maximum absolute atomic E-state index is 5.01. The molecule has 18 heavy (non-hydrogen) atoms. The Balaban J connectivity index is 1.78. The smallest absolute Gasteiger partial charge is 0.198 e. The molecule has 0 spiro atoms. The Morgan fingerprint density at radius 1 is 1.17 bits per heavy atom. The van der Waals surface area contributed by atoms with Crippen molar-refractivity contribution in [2.24, 2.45) is 4.99 Å². The summed E-state index contributed by atoms with van der Waals surface area (Å²) in [7, 11) is 0. The normalized spacial score (nSPS) is 27.3. The van der Waals surface area contributed by atoms with Gasteiger partial charge in [0.15, 0.2) is 12.1 Å². The van der Waals surface area contributed by atoms with Crippen LogP contribution in [-0.2, 0) is 10.5 Å². The fraction of sp³-hybridized carbons (Fsp3) is 0.500. The summed E-state index contributed by atoms with van der Waals surface area (Å²) in [4.78, 5) is 11.8. The highest BCUT2D eigenvalue weighted by Gasteiger charge is 2.29. The summed E-state index contributed by atoms with van der Waals surface area (Å²) in [6.07, 6.45) is 5.43. The zero-order valence-corrected chi connectivity index (χ0v) is 10.7. The van der Waals surface area contributed by atoms with Crippen molar-refractivity contribution >= 4 is 12.1 Å². The van der Waals surface area contributed by atoms with E-state index in [1.54, 1.807) is 0 Å². The van der Waals surface area contributed by atoms with Crippen LogP contribution in [-0.4, -0.2) is 19.5 Å². The van der Waals surface area contributed by atoms with Gasteiger partial charge >= 0.3 is 0 Å². The number of hydrogen-bond donors (Lipinski definition) is 1. The van der Waals surface area contributed by atoms with Crippen LogP contribution >= 0.6 is 0 Å². The predicted octanol–water partition coefficient (Wildman–Crippen LogP) is 2.41. The molecule has 0 aromatic heterocycles. The first-order valence-corrected chi connectivity index (χ1v) is 6.60. The zero-order chi connectivity index (χ0) is 12.4. The van der Waals surface area contributed by atoms with Crippen LogP contribution in [0.25, 0.3) is 0 Å². The number of aliphatic imine (C=N–C) groups is 1. The van der Waals surface area contributed by atoms with Crippen molar-refractivity contribution < 1.29 is 4.84 Å². The van der Waals surface area contributed by atoms with Crippen molar-refractivity contribution in [1.29, 1.82) is 0 Å². The summed E-state index contributed by atoms with van der Waals surface area (Å²) in [5, 5.41) is 0.